The monoisotopic (exact) mass is 305 g/mol. The molecule has 0 aliphatic rings. The Balaban J connectivity index is 3.33. The molecule has 0 heterocycles. The van der Waals surface area contributed by atoms with Crippen LogP contribution < -0.4 is 10.1 Å². The summed E-state index contributed by atoms with van der Waals surface area (Å²) in [7, 11) is 1.70. The molecule has 4 heteroatoms. The van der Waals surface area contributed by atoms with Crippen LogP contribution in [0.1, 0.15) is 16.7 Å². The van der Waals surface area contributed by atoms with Crippen molar-refractivity contribution in [3.05, 3.63) is 21.2 Å². The van der Waals surface area contributed by atoms with Gasteiger partial charge >= 0.3 is 0 Å². The molecule has 16 heavy (non-hydrogen) atoms. The fourth-order valence-electron chi connectivity index (χ4n) is 1.72. The SMILES string of the molecule is COc1c(C)c(C)c(Br)c(C)c1NCCCl. The van der Waals surface area contributed by atoms with Crippen LogP contribution in [-0.4, -0.2) is 19.5 Å². The number of benzene rings is 1. The molecule has 1 aromatic carbocycles. The summed E-state index contributed by atoms with van der Waals surface area (Å²) in [6.07, 6.45) is 0. The zero-order chi connectivity index (χ0) is 12.3. The van der Waals surface area contributed by atoms with E-state index >= 15 is 0 Å². The van der Waals surface area contributed by atoms with Crippen LogP contribution in [0.25, 0.3) is 0 Å². The number of ether oxygens (including phenoxy) is 1. The lowest BCUT2D eigenvalue weighted by atomic mass is 10.0. The Morgan fingerprint density at radius 1 is 1.19 bits per heavy atom. The summed E-state index contributed by atoms with van der Waals surface area (Å²) in [6, 6.07) is 0. The summed E-state index contributed by atoms with van der Waals surface area (Å²) >= 11 is 9.30. The first-order valence-electron chi connectivity index (χ1n) is 5.17. The summed E-state index contributed by atoms with van der Waals surface area (Å²) in [6.45, 7) is 6.94. The molecule has 0 saturated carbocycles. The average Bonchev–Trinajstić information content (AvgIpc) is 2.29. The van der Waals surface area contributed by atoms with Crippen LogP contribution in [0.15, 0.2) is 4.47 Å². The predicted molar refractivity (Wildman–Crippen MR) is 74.1 cm³/mol. The van der Waals surface area contributed by atoms with Gasteiger partial charge in [-0.05, 0) is 37.5 Å². The van der Waals surface area contributed by atoms with Crippen molar-refractivity contribution in [2.45, 2.75) is 20.8 Å². The average molecular weight is 307 g/mol. The molecule has 0 spiro atoms. The maximum atomic E-state index is 5.70. The number of rotatable bonds is 4. The van der Waals surface area contributed by atoms with Gasteiger partial charge in [-0.1, -0.05) is 15.9 Å². The van der Waals surface area contributed by atoms with Crippen molar-refractivity contribution in [2.75, 3.05) is 24.9 Å². The van der Waals surface area contributed by atoms with Crippen molar-refractivity contribution in [3.63, 3.8) is 0 Å². The quantitative estimate of drug-likeness (QED) is 0.848. The van der Waals surface area contributed by atoms with Gasteiger partial charge in [-0.15, -0.1) is 11.6 Å². The minimum atomic E-state index is 0.577. The Morgan fingerprint density at radius 3 is 2.31 bits per heavy atom. The third kappa shape index (κ3) is 2.46. The standard InChI is InChI=1S/C12H17BrClNO/c1-7-8(2)12(16-4)11(15-6-5-14)9(3)10(7)13/h15H,5-6H2,1-4H3. The second-order valence-corrected chi connectivity index (χ2v) is 4.88. The van der Waals surface area contributed by atoms with E-state index in [1.165, 1.54) is 5.56 Å². The van der Waals surface area contributed by atoms with E-state index in [1.54, 1.807) is 7.11 Å². The maximum absolute atomic E-state index is 5.70. The second kappa shape index (κ2) is 5.78. The maximum Gasteiger partial charge on any atom is 0.145 e. The van der Waals surface area contributed by atoms with Crippen molar-refractivity contribution in [1.29, 1.82) is 0 Å². The van der Waals surface area contributed by atoms with E-state index in [9.17, 15) is 0 Å². The normalized spacial score (nSPS) is 10.4. The van der Waals surface area contributed by atoms with Crippen LogP contribution in [-0.2, 0) is 0 Å². The number of halogens is 2. The van der Waals surface area contributed by atoms with Gasteiger partial charge in [0, 0.05) is 16.9 Å². The second-order valence-electron chi connectivity index (χ2n) is 3.71. The highest BCUT2D eigenvalue weighted by molar-refractivity contribution is 9.10. The van der Waals surface area contributed by atoms with Gasteiger partial charge in [-0.25, -0.2) is 0 Å². The smallest absolute Gasteiger partial charge is 0.145 e. The van der Waals surface area contributed by atoms with Crippen molar-refractivity contribution >= 4 is 33.2 Å². The Morgan fingerprint density at radius 2 is 1.81 bits per heavy atom. The number of methoxy groups -OCH3 is 1. The summed E-state index contributed by atoms with van der Waals surface area (Å²) in [5, 5.41) is 3.30. The molecule has 0 aromatic heterocycles. The number of hydrogen-bond acceptors (Lipinski definition) is 2. The molecule has 1 rings (SSSR count). The number of hydrogen-bond donors (Lipinski definition) is 1. The van der Waals surface area contributed by atoms with E-state index < -0.39 is 0 Å². The van der Waals surface area contributed by atoms with Crippen molar-refractivity contribution in [3.8, 4) is 5.75 Å². The van der Waals surface area contributed by atoms with Gasteiger partial charge in [0.25, 0.3) is 0 Å². The van der Waals surface area contributed by atoms with Crippen LogP contribution in [0.3, 0.4) is 0 Å². The van der Waals surface area contributed by atoms with Gasteiger partial charge in [-0.3, -0.25) is 0 Å². The molecular formula is C12H17BrClNO. The summed E-state index contributed by atoms with van der Waals surface area (Å²) in [5.41, 5.74) is 4.55. The molecule has 0 radical (unpaired) electrons. The third-order valence-electron chi connectivity index (χ3n) is 2.76. The summed E-state index contributed by atoms with van der Waals surface area (Å²) in [4.78, 5) is 0. The van der Waals surface area contributed by atoms with Crippen molar-refractivity contribution in [1.82, 2.24) is 0 Å². The molecule has 0 aliphatic heterocycles. The van der Waals surface area contributed by atoms with Gasteiger partial charge in [0.2, 0.25) is 0 Å². The van der Waals surface area contributed by atoms with Crippen LogP contribution in [0.4, 0.5) is 5.69 Å². The molecule has 90 valence electrons. The lowest BCUT2D eigenvalue weighted by Crippen LogP contribution is -2.08. The predicted octanol–water partition coefficient (Wildman–Crippen LogP) is 4.03. The molecule has 0 unspecified atom stereocenters. The Bertz CT molecular complexity index is 393. The highest BCUT2D eigenvalue weighted by Crippen LogP contribution is 2.39. The lowest BCUT2D eigenvalue weighted by molar-refractivity contribution is 0.412. The van der Waals surface area contributed by atoms with Crippen LogP contribution >= 0.6 is 27.5 Å². The minimum Gasteiger partial charge on any atom is -0.494 e. The number of alkyl halides is 1. The first-order chi connectivity index (χ1) is 7.54. The van der Waals surface area contributed by atoms with E-state index in [4.69, 9.17) is 16.3 Å². The molecule has 0 bridgehead atoms. The third-order valence-corrected chi connectivity index (χ3v) is 4.14. The summed E-state index contributed by atoms with van der Waals surface area (Å²) in [5.74, 6) is 1.48. The minimum absolute atomic E-state index is 0.577. The highest BCUT2D eigenvalue weighted by atomic mass is 79.9. The molecule has 1 N–H and O–H groups in total. The van der Waals surface area contributed by atoms with Gasteiger partial charge in [0.1, 0.15) is 5.75 Å². The Kier molecular flexibility index (Phi) is 4.93. The Labute approximate surface area is 110 Å². The van der Waals surface area contributed by atoms with Crippen LogP contribution in [0, 0.1) is 20.8 Å². The van der Waals surface area contributed by atoms with Crippen molar-refractivity contribution in [2.24, 2.45) is 0 Å². The van der Waals surface area contributed by atoms with Gasteiger partial charge in [-0.2, -0.15) is 0 Å². The van der Waals surface area contributed by atoms with Gasteiger partial charge in [0.05, 0.1) is 12.8 Å². The Hall–Kier alpha value is -0.410. The van der Waals surface area contributed by atoms with E-state index in [0.29, 0.717) is 5.88 Å². The molecular weight excluding hydrogens is 289 g/mol. The molecule has 1 aromatic rings. The first-order valence-corrected chi connectivity index (χ1v) is 6.50. The van der Waals surface area contributed by atoms with Crippen molar-refractivity contribution < 1.29 is 4.74 Å². The molecule has 0 fully saturated rings. The molecule has 2 nitrogen and oxygen atoms in total. The number of nitrogens with one attached hydrogen (secondary N) is 1. The molecule has 0 saturated heterocycles. The molecule has 0 aliphatic carbocycles. The first kappa shape index (κ1) is 13.7. The van der Waals surface area contributed by atoms with Gasteiger partial charge < -0.3 is 10.1 Å². The van der Waals surface area contributed by atoms with Crippen LogP contribution in [0.5, 0.6) is 5.75 Å². The zero-order valence-corrected chi connectivity index (χ0v) is 12.4. The molecule has 0 atom stereocenters. The van der Waals surface area contributed by atoms with E-state index in [-0.39, 0.29) is 0 Å². The molecule has 0 amide bonds. The van der Waals surface area contributed by atoms with Crippen LogP contribution in [0.2, 0.25) is 0 Å². The van der Waals surface area contributed by atoms with E-state index in [1.807, 2.05) is 0 Å². The van der Waals surface area contributed by atoms with E-state index in [0.717, 1.165) is 33.6 Å². The fourth-order valence-corrected chi connectivity index (χ4v) is 2.31. The topological polar surface area (TPSA) is 21.3 Å². The largest absolute Gasteiger partial charge is 0.494 e. The van der Waals surface area contributed by atoms with Gasteiger partial charge in [0.15, 0.2) is 0 Å². The number of anilines is 1. The summed E-state index contributed by atoms with van der Waals surface area (Å²) < 4.78 is 6.59. The lowest BCUT2D eigenvalue weighted by Gasteiger charge is -2.19. The zero-order valence-electron chi connectivity index (χ0n) is 10.1. The van der Waals surface area contributed by atoms with E-state index in [2.05, 4.69) is 42.0 Å². The fraction of sp³-hybridized carbons (Fsp3) is 0.500. The highest BCUT2D eigenvalue weighted by Gasteiger charge is 2.15.